The number of benzene rings is 2. The van der Waals surface area contributed by atoms with Crippen LogP contribution in [0, 0.1) is 0 Å². The molecular formula is C18H20N2O4. The van der Waals surface area contributed by atoms with Gasteiger partial charge < -0.3 is 14.7 Å². The van der Waals surface area contributed by atoms with Crippen molar-refractivity contribution in [1.29, 1.82) is 0 Å². The molecule has 1 unspecified atom stereocenters. The van der Waals surface area contributed by atoms with E-state index in [1.165, 1.54) is 6.07 Å². The summed E-state index contributed by atoms with van der Waals surface area (Å²) in [6.45, 7) is 3.07. The molecule has 6 heteroatoms. The van der Waals surface area contributed by atoms with Gasteiger partial charge in [0.15, 0.2) is 0 Å². The Bertz CT molecular complexity index is 696. The minimum absolute atomic E-state index is 0.0170. The second-order valence-electron chi connectivity index (χ2n) is 5.66. The number of amides is 1. The first-order valence-corrected chi connectivity index (χ1v) is 7.85. The van der Waals surface area contributed by atoms with Gasteiger partial charge in [-0.3, -0.25) is 10.0 Å². The lowest BCUT2D eigenvalue weighted by atomic mass is 9.90. The number of phenols is 1. The maximum atomic E-state index is 12.2. The van der Waals surface area contributed by atoms with Crippen LogP contribution in [0.3, 0.4) is 0 Å². The van der Waals surface area contributed by atoms with Crippen molar-refractivity contribution < 1.29 is 19.8 Å². The molecule has 1 aliphatic rings. The third-order valence-electron chi connectivity index (χ3n) is 4.22. The van der Waals surface area contributed by atoms with Crippen molar-refractivity contribution in [2.45, 2.75) is 5.92 Å². The summed E-state index contributed by atoms with van der Waals surface area (Å²) in [5, 5.41) is 19.1. The van der Waals surface area contributed by atoms with Crippen LogP contribution in [0.25, 0.3) is 0 Å². The van der Waals surface area contributed by atoms with E-state index in [1.54, 1.807) is 23.7 Å². The number of rotatable bonds is 4. The van der Waals surface area contributed by atoms with E-state index < -0.39 is 11.8 Å². The first-order chi connectivity index (χ1) is 11.7. The average Bonchev–Trinajstić information content (AvgIpc) is 2.64. The minimum atomic E-state index is -0.782. The van der Waals surface area contributed by atoms with E-state index in [0.29, 0.717) is 24.3 Å². The van der Waals surface area contributed by atoms with Gasteiger partial charge in [-0.2, -0.15) is 0 Å². The Balaban J connectivity index is 1.91. The number of phenolic OH excluding ortho intramolecular Hbond substituents is 1. The number of carbonyl (C=O) groups excluding carboxylic acids is 1. The summed E-state index contributed by atoms with van der Waals surface area (Å²) in [6, 6.07) is 14.2. The molecule has 3 rings (SSSR count). The second-order valence-corrected chi connectivity index (χ2v) is 5.66. The number of anilines is 1. The summed E-state index contributed by atoms with van der Waals surface area (Å²) < 4.78 is 5.35. The standard InChI is InChI=1S/C18H20N2O4/c21-16-4-2-1-3-15(16)17(18(22)19-23)13-5-7-14(8-6-13)20-9-11-24-12-10-20/h1-8,17,21,23H,9-12H2,(H,19,22). The lowest BCUT2D eigenvalue weighted by Crippen LogP contribution is -2.36. The van der Waals surface area contributed by atoms with Gasteiger partial charge in [0.1, 0.15) is 5.75 Å². The molecule has 24 heavy (non-hydrogen) atoms. The summed E-state index contributed by atoms with van der Waals surface area (Å²) in [5.41, 5.74) is 3.89. The molecule has 0 radical (unpaired) electrons. The smallest absolute Gasteiger partial charge is 0.255 e. The zero-order valence-corrected chi connectivity index (χ0v) is 13.2. The van der Waals surface area contributed by atoms with Gasteiger partial charge in [0.05, 0.1) is 19.1 Å². The molecule has 6 nitrogen and oxygen atoms in total. The highest BCUT2D eigenvalue weighted by atomic mass is 16.5. The average molecular weight is 328 g/mol. The Labute approximate surface area is 140 Å². The first-order valence-electron chi connectivity index (χ1n) is 7.85. The number of morpholine rings is 1. The molecule has 1 aliphatic heterocycles. The molecule has 1 atom stereocenters. The lowest BCUT2D eigenvalue weighted by Gasteiger charge is -2.29. The molecule has 2 aromatic rings. The summed E-state index contributed by atoms with van der Waals surface area (Å²) >= 11 is 0. The number of hydroxylamine groups is 1. The zero-order valence-electron chi connectivity index (χ0n) is 13.2. The molecule has 2 aromatic carbocycles. The number of aromatic hydroxyl groups is 1. The summed E-state index contributed by atoms with van der Waals surface area (Å²) in [4.78, 5) is 14.4. The lowest BCUT2D eigenvalue weighted by molar-refractivity contribution is -0.129. The summed E-state index contributed by atoms with van der Waals surface area (Å²) in [6.07, 6.45) is 0. The number of para-hydroxylation sites is 1. The van der Waals surface area contributed by atoms with E-state index in [9.17, 15) is 9.90 Å². The fourth-order valence-electron chi connectivity index (χ4n) is 2.97. The minimum Gasteiger partial charge on any atom is -0.508 e. The van der Waals surface area contributed by atoms with E-state index in [-0.39, 0.29) is 5.75 Å². The molecule has 1 fully saturated rings. The van der Waals surface area contributed by atoms with Crippen LogP contribution in [0.5, 0.6) is 5.75 Å². The van der Waals surface area contributed by atoms with Crippen LogP contribution in [0.15, 0.2) is 48.5 Å². The first kappa shape index (κ1) is 16.3. The topological polar surface area (TPSA) is 82.0 Å². The van der Waals surface area contributed by atoms with Gasteiger partial charge in [-0.05, 0) is 23.8 Å². The van der Waals surface area contributed by atoms with Crippen LogP contribution in [-0.2, 0) is 9.53 Å². The zero-order chi connectivity index (χ0) is 16.9. The Hall–Kier alpha value is -2.57. The highest BCUT2D eigenvalue weighted by Crippen LogP contribution is 2.32. The molecule has 1 saturated heterocycles. The van der Waals surface area contributed by atoms with E-state index in [2.05, 4.69) is 4.90 Å². The van der Waals surface area contributed by atoms with Crippen molar-refractivity contribution in [2.24, 2.45) is 0 Å². The van der Waals surface area contributed by atoms with Gasteiger partial charge in [-0.1, -0.05) is 30.3 Å². The Morgan fingerprint density at radius 1 is 1.08 bits per heavy atom. The summed E-state index contributed by atoms with van der Waals surface area (Å²) in [5.74, 6) is -1.35. The molecule has 0 aromatic heterocycles. The van der Waals surface area contributed by atoms with Gasteiger partial charge in [0, 0.05) is 24.3 Å². The van der Waals surface area contributed by atoms with Gasteiger partial charge in [-0.15, -0.1) is 0 Å². The molecule has 1 heterocycles. The second kappa shape index (κ2) is 7.33. The van der Waals surface area contributed by atoms with Crippen LogP contribution in [0.1, 0.15) is 17.0 Å². The van der Waals surface area contributed by atoms with Gasteiger partial charge in [0.2, 0.25) is 0 Å². The fraction of sp³-hybridized carbons (Fsp3) is 0.278. The quantitative estimate of drug-likeness (QED) is 0.589. The van der Waals surface area contributed by atoms with Gasteiger partial charge >= 0.3 is 0 Å². The predicted molar refractivity (Wildman–Crippen MR) is 89.4 cm³/mol. The van der Waals surface area contributed by atoms with Crippen molar-refractivity contribution in [3.8, 4) is 5.75 Å². The molecule has 1 amide bonds. The molecule has 0 bridgehead atoms. The van der Waals surface area contributed by atoms with Crippen LogP contribution in [0.2, 0.25) is 0 Å². The number of carbonyl (C=O) groups is 1. The van der Waals surface area contributed by atoms with Crippen LogP contribution >= 0.6 is 0 Å². The van der Waals surface area contributed by atoms with E-state index in [0.717, 1.165) is 18.8 Å². The fourth-order valence-corrected chi connectivity index (χ4v) is 2.97. The highest BCUT2D eigenvalue weighted by Gasteiger charge is 2.25. The van der Waals surface area contributed by atoms with Crippen molar-refractivity contribution in [1.82, 2.24) is 5.48 Å². The molecule has 3 N–H and O–H groups in total. The van der Waals surface area contributed by atoms with Gasteiger partial charge in [0.25, 0.3) is 5.91 Å². The number of hydrogen-bond acceptors (Lipinski definition) is 5. The molecule has 0 aliphatic carbocycles. The normalized spacial score (nSPS) is 15.8. The SMILES string of the molecule is O=C(NO)C(c1ccc(N2CCOCC2)cc1)c1ccccc1O. The van der Waals surface area contributed by atoms with Crippen LogP contribution < -0.4 is 10.4 Å². The molecular weight excluding hydrogens is 308 g/mol. The molecule has 126 valence electrons. The number of ether oxygens (including phenoxy) is 1. The summed E-state index contributed by atoms with van der Waals surface area (Å²) in [7, 11) is 0. The maximum absolute atomic E-state index is 12.2. The van der Waals surface area contributed by atoms with Crippen molar-refractivity contribution >= 4 is 11.6 Å². The number of hydrogen-bond donors (Lipinski definition) is 3. The van der Waals surface area contributed by atoms with E-state index in [1.807, 2.05) is 24.3 Å². The monoisotopic (exact) mass is 328 g/mol. The number of nitrogens with zero attached hydrogens (tertiary/aromatic N) is 1. The molecule has 0 saturated carbocycles. The van der Waals surface area contributed by atoms with Crippen LogP contribution in [0.4, 0.5) is 5.69 Å². The third-order valence-corrected chi connectivity index (χ3v) is 4.22. The molecule has 0 spiro atoms. The maximum Gasteiger partial charge on any atom is 0.255 e. The van der Waals surface area contributed by atoms with Crippen molar-refractivity contribution in [3.63, 3.8) is 0 Å². The van der Waals surface area contributed by atoms with Crippen molar-refractivity contribution in [2.75, 3.05) is 31.2 Å². The number of nitrogens with one attached hydrogen (secondary N) is 1. The van der Waals surface area contributed by atoms with Crippen LogP contribution in [-0.4, -0.2) is 42.5 Å². The Morgan fingerprint density at radius 3 is 2.38 bits per heavy atom. The third kappa shape index (κ3) is 3.34. The van der Waals surface area contributed by atoms with Gasteiger partial charge in [-0.25, -0.2) is 5.48 Å². The Kier molecular flexibility index (Phi) is 4.98. The highest BCUT2D eigenvalue weighted by molar-refractivity contribution is 5.87. The van der Waals surface area contributed by atoms with E-state index >= 15 is 0 Å². The van der Waals surface area contributed by atoms with E-state index in [4.69, 9.17) is 9.94 Å². The predicted octanol–water partition coefficient (Wildman–Crippen LogP) is 1.87. The largest absolute Gasteiger partial charge is 0.508 e. The Morgan fingerprint density at radius 2 is 1.75 bits per heavy atom. The van der Waals surface area contributed by atoms with Crippen molar-refractivity contribution in [3.05, 3.63) is 59.7 Å².